The van der Waals surface area contributed by atoms with E-state index in [1.807, 2.05) is 24.3 Å². The zero-order valence-corrected chi connectivity index (χ0v) is 13.0. The Morgan fingerprint density at radius 1 is 0.952 bits per heavy atom. The van der Waals surface area contributed by atoms with Gasteiger partial charge >= 0.3 is 0 Å². The molecule has 0 heterocycles. The molecule has 0 saturated carbocycles. The Hall–Kier alpha value is -1.54. The van der Waals surface area contributed by atoms with Gasteiger partial charge in [0.05, 0.1) is 6.42 Å². The normalized spacial score (nSPS) is 10.7. The van der Waals surface area contributed by atoms with E-state index in [0.29, 0.717) is 6.42 Å². The first-order valence-electron chi connectivity index (χ1n) is 7.60. The first-order chi connectivity index (χ1) is 10.3. The summed E-state index contributed by atoms with van der Waals surface area (Å²) in [4.78, 5) is 12.0. The third-order valence-electron chi connectivity index (χ3n) is 3.61. The fourth-order valence-corrected chi connectivity index (χ4v) is 2.67. The van der Waals surface area contributed by atoms with Crippen molar-refractivity contribution in [3.63, 3.8) is 0 Å². The summed E-state index contributed by atoms with van der Waals surface area (Å²) in [5, 5.41) is 5.35. The van der Waals surface area contributed by atoms with Gasteiger partial charge in [-0.1, -0.05) is 55.3 Å². The van der Waals surface area contributed by atoms with Crippen LogP contribution in [-0.4, -0.2) is 18.3 Å². The molecule has 0 radical (unpaired) electrons. The van der Waals surface area contributed by atoms with Crippen LogP contribution in [0.4, 0.5) is 0 Å². The molecule has 0 aromatic heterocycles. The van der Waals surface area contributed by atoms with Crippen LogP contribution in [0.15, 0.2) is 42.5 Å². The van der Waals surface area contributed by atoms with Crippen LogP contribution in [-0.2, 0) is 11.2 Å². The fraction of sp³-hybridized carbons (Fsp3) is 0.389. The first-order valence-corrected chi connectivity index (χ1v) is 8.14. The minimum atomic E-state index is 0.101. The predicted octanol–water partition coefficient (Wildman–Crippen LogP) is 4.30. The van der Waals surface area contributed by atoms with Gasteiger partial charge in [0.15, 0.2) is 0 Å². The van der Waals surface area contributed by atoms with E-state index in [0.717, 1.165) is 49.1 Å². The van der Waals surface area contributed by atoms with E-state index in [1.165, 1.54) is 5.39 Å². The standard InChI is InChI=1S/C18H22ClNO/c19-12-5-1-2-6-13-20-18(21)14-16-10-7-9-15-8-3-4-11-17(15)16/h3-4,7-11H,1-2,5-6,12-14H2,(H,20,21). The molecule has 2 aromatic rings. The third kappa shape index (κ3) is 5.05. The number of carbonyl (C=O) groups is 1. The summed E-state index contributed by atoms with van der Waals surface area (Å²) in [6.07, 6.45) is 4.80. The van der Waals surface area contributed by atoms with Gasteiger partial charge < -0.3 is 5.32 Å². The van der Waals surface area contributed by atoms with Crippen molar-refractivity contribution < 1.29 is 4.79 Å². The number of benzene rings is 2. The second kappa shape index (κ2) is 8.68. The van der Waals surface area contributed by atoms with Crippen LogP contribution in [0.1, 0.15) is 31.2 Å². The van der Waals surface area contributed by atoms with Crippen molar-refractivity contribution in [3.05, 3.63) is 48.0 Å². The largest absolute Gasteiger partial charge is 0.356 e. The number of carbonyl (C=O) groups excluding carboxylic acids is 1. The monoisotopic (exact) mass is 303 g/mol. The van der Waals surface area contributed by atoms with Crippen molar-refractivity contribution in [1.29, 1.82) is 0 Å². The van der Waals surface area contributed by atoms with Gasteiger partial charge in [0.2, 0.25) is 5.91 Å². The van der Waals surface area contributed by atoms with Crippen LogP contribution in [0.2, 0.25) is 0 Å². The zero-order chi connectivity index (χ0) is 14.9. The van der Waals surface area contributed by atoms with Crippen molar-refractivity contribution in [2.45, 2.75) is 32.1 Å². The molecule has 2 rings (SSSR count). The lowest BCUT2D eigenvalue weighted by Gasteiger charge is -2.08. The number of alkyl halides is 1. The number of amides is 1. The number of rotatable bonds is 8. The Balaban J connectivity index is 1.82. The molecule has 21 heavy (non-hydrogen) atoms. The Labute approximate surface area is 131 Å². The van der Waals surface area contributed by atoms with Crippen molar-refractivity contribution in [3.8, 4) is 0 Å². The molecule has 3 heteroatoms. The highest BCUT2D eigenvalue weighted by molar-refractivity contribution is 6.17. The van der Waals surface area contributed by atoms with Crippen LogP contribution < -0.4 is 5.32 Å². The predicted molar refractivity (Wildman–Crippen MR) is 89.8 cm³/mol. The molecule has 1 N–H and O–H groups in total. The fourth-order valence-electron chi connectivity index (χ4n) is 2.48. The Morgan fingerprint density at radius 2 is 1.71 bits per heavy atom. The Kier molecular flexibility index (Phi) is 6.55. The van der Waals surface area contributed by atoms with Crippen molar-refractivity contribution in [1.82, 2.24) is 5.32 Å². The zero-order valence-electron chi connectivity index (χ0n) is 12.3. The molecule has 2 nitrogen and oxygen atoms in total. The Bertz CT molecular complexity index is 577. The number of fused-ring (bicyclic) bond motifs is 1. The average molecular weight is 304 g/mol. The van der Waals surface area contributed by atoms with Crippen LogP contribution >= 0.6 is 11.6 Å². The maximum Gasteiger partial charge on any atom is 0.224 e. The minimum Gasteiger partial charge on any atom is -0.356 e. The molecule has 0 aliphatic heterocycles. The van der Waals surface area contributed by atoms with Gasteiger partial charge in [0.25, 0.3) is 0 Å². The van der Waals surface area contributed by atoms with Crippen LogP contribution in [0.5, 0.6) is 0 Å². The van der Waals surface area contributed by atoms with Gasteiger partial charge in [-0.15, -0.1) is 11.6 Å². The van der Waals surface area contributed by atoms with E-state index >= 15 is 0 Å². The van der Waals surface area contributed by atoms with E-state index in [-0.39, 0.29) is 5.91 Å². The van der Waals surface area contributed by atoms with Crippen molar-refractivity contribution >= 4 is 28.3 Å². The van der Waals surface area contributed by atoms with Crippen molar-refractivity contribution in [2.75, 3.05) is 12.4 Å². The molecule has 0 unspecified atom stereocenters. The number of halogens is 1. The molecular formula is C18H22ClNO. The van der Waals surface area contributed by atoms with Gasteiger partial charge in [-0.3, -0.25) is 4.79 Å². The summed E-state index contributed by atoms with van der Waals surface area (Å²) in [6, 6.07) is 14.3. The molecule has 2 aromatic carbocycles. The van der Waals surface area contributed by atoms with Crippen LogP contribution in [0, 0.1) is 0 Å². The highest BCUT2D eigenvalue weighted by Crippen LogP contribution is 2.18. The number of hydrogen-bond donors (Lipinski definition) is 1. The summed E-state index contributed by atoms with van der Waals surface area (Å²) in [6.45, 7) is 0.756. The summed E-state index contributed by atoms with van der Waals surface area (Å²) in [7, 11) is 0. The second-order valence-electron chi connectivity index (χ2n) is 5.27. The molecule has 0 aliphatic carbocycles. The summed E-state index contributed by atoms with van der Waals surface area (Å²) in [5.41, 5.74) is 1.09. The number of unbranched alkanes of at least 4 members (excludes halogenated alkanes) is 3. The van der Waals surface area contributed by atoms with Gasteiger partial charge in [-0.25, -0.2) is 0 Å². The number of nitrogens with one attached hydrogen (secondary N) is 1. The molecule has 0 bridgehead atoms. The van der Waals surface area contributed by atoms with Gasteiger partial charge in [-0.05, 0) is 29.2 Å². The van der Waals surface area contributed by atoms with Gasteiger partial charge in [0.1, 0.15) is 0 Å². The average Bonchev–Trinajstić information content (AvgIpc) is 2.51. The van der Waals surface area contributed by atoms with E-state index in [2.05, 4.69) is 23.5 Å². The number of hydrogen-bond acceptors (Lipinski definition) is 1. The second-order valence-corrected chi connectivity index (χ2v) is 5.65. The summed E-state index contributed by atoms with van der Waals surface area (Å²) < 4.78 is 0. The highest BCUT2D eigenvalue weighted by atomic mass is 35.5. The maximum absolute atomic E-state index is 12.0. The molecule has 1 amide bonds. The summed E-state index contributed by atoms with van der Waals surface area (Å²) in [5.74, 6) is 0.830. The van der Waals surface area contributed by atoms with Gasteiger partial charge in [0, 0.05) is 12.4 Å². The maximum atomic E-state index is 12.0. The molecule has 0 atom stereocenters. The third-order valence-corrected chi connectivity index (χ3v) is 3.88. The lowest BCUT2D eigenvalue weighted by Crippen LogP contribution is -2.26. The molecule has 112 valence electrons. The van der Waals surface area contributed by atoms with E-state index in [4.69, 9.17) is 11.6 Å². The smallest absolute Gasteiger partial charge is 0.224 e. The van der Waals surface area contributed by atoms with Crippen LogP contribution in [0.3, 0.4) is 0 Å². The van der Waals surface area contributed by atoms with E-state index < -0.39 is 0 Å². The Morgan fingerprint density at radius 3 is 2.57 bits per heavy atom. The highest BCUT2D eigenvalue weighted by Gasteiger charge is 2.06. The molecule has 0 spiro atoms. The van der Waals surface area contributed by atoms with Gasteiger partial charge in [-0.2, -0.15) is 0 Å². The van der Waals surface area contributed by atoms with Crippen LogP contribution in [0.25, 0.3) is 10.8 Å². The lowest BCUT2D eigenvalue weighted by atomic mass is 10.0. The first kappa shape index (κ1) is 15.8. The minimum absolute atomic E-state index is 0.101. The molecular weight excluding hydrogens is 282 g/mol. The van der Waals surface area contributed by atoms with E-state index in [9.17, 15) is 4.79 Å². The molecule has 0 saturated heterocycles. The lowest BCUT2D eigenvalue weighted by molar-refractivity contribution is -0.120. The SMILES string of the molecule is O=C(Cc1cccc2ccccc12)NCCCCCCCl. The van der Waals surface area contributed by atoms with Crippen molar-refractivity contribution in [2.24, 2.45) is 0 Å². The van der Waals surface area contributed by atoms with E-state index in [1.54, 1.807) is 0 Å². The summed E-state index contributed by atoms with van der Waals surface area (Å²) >= 11 is 5.63. The molecule has 0 aliphatic rings. The topological polar surface area (TPSA) is 29.1 Å². The molecule has 0 fully saturated rings. The quantitative estimate of drug-likeness (QED) is 0.572.